The van der Waals surface area contributed by atoms with E-state index in [2.05, 4.69) is 53.0 Å². The smallest absolute Gasteiger partial charge is 0.203 e. The minimum Gasteiger partial charge on any atom is -0.356 e. The van der Waals surface area contributed by atoms with Crippen molar-refractivity contribution >= 4 is 5.95 Å². The van der Waals surface area contributed by atoms with E-state index in [1.807, 2.05) is 12.4 Å². The van der Waals surface area contributed by atoms with Crippen LogP contribution in [0.15, 0.2) is 36.7 Å². The predicted octanol–water partition coefficient (Wildman–Crippen LogP) is 2.93. The maximum Gasteiger partial charge on any atom is 0.203 e. The highest BCUT2D eigenvalue weighted by Gasteiger charge is 2.04. The summed E-state index contributed by atoms with van der Waals surface area (Å²) in [4.78, 5) is 4.31. The number of anilines is 1. The van der Waals surface area contributed by atoms with Crippen LogP contribution in [0.1, 0.15) is 25.0 Å². The van der Waals surface area contributed by atoms with Crippen LogP contribution in [0.4, 0.5) is 5.95 Å². The standard InChI is InChI=1S/C14H19N3/c1-3-12-7-5-6-8-13(12)11-17-10-9-16-14(17)15-4-2/h5-10H,3-4,11H2,1-2H3,(H,15,16). The summed E-state index contributed by atoms with van der Waals surface area (Å²) in [7, 11) is 0. The summed E-state index contributed by atoms with van der Waals surface area (Å²) in [5.74, 6) is 0.943. The molecule has 0 atom stereocenters. The number of nitrogens with zero attached hydrogens (tertiary/aromatic N) is 2. The number of hydrogen-bond acceptors (Lipinski definition) is 2. The maximum atomic E-state index is 4.31. The van der Waals surface area contributed by atoms with Gasteiger partial charge in [-0.2, -0.15) is 0 Å². The van der Waals surface area contributed by atoms with Crippen LogP contribution in [0.2, 0.25) is 0 Å². The Balaban J connectivity index is 2.22. The van der Waals surface area contributed by atoms with E-state index in [4.69, 9.17) is 0 Å². The summed E-state index contributed by atoms with van der Waals surface area (Å²) < 4.78 is 2.15. The second-order valence-corrected chi connectivity index (χ2v) is 4.03. The molecule has 0 spiro atoms. The van der Waals surface area contributed by atoms with Crippen molar-refractivity contribution in [2.75, 3.05) is 11.9 Å². The summed E-state index contributed by atoms with van der Waals surface area (Å²) in [6, 6.07) is 8.58. The average Bonchev–Trinajstić information content (AvgIpc) is 2.78. The number of rotatable bonds is 5. The minimum atomic E-state index is 0.881. The number of benzene rings is 1. The molecule has 0 aliphatic rings. The molecule has 0 aliphatic heterocycles. The zero-order valence-electron chi connectivity index (χ0n) is 10.5. The van der Waals surface area contributed by atoms with Gasteiger partial charge in [0.2, 0.25) is 5.95 Å². The fourth-order valence-electron chi connectivity index (χ4n) is 2.00. The van der Waals surface area contributed by atoms with Gasteiger partial charge in [0.15, 0.2) is 0 Å². The third-order valence-corrected chi connectivity index (χ3v) is 2.89. The third kappa shape index (κ3) is 2.67. The van der Waals surface area contributed by atoms with E-state index < -0.39 is 0 Å². The molecule has 0 fully saturated rings. The molecule has 0 radical (unpaired) electrons. The molecule has 90 valence electrons. The van der Waals surface area contributed by atoms with E-state index in [1.165, 1.54) is 11.1 Å². The Morgan fingerprint density at radius 3 is 2.65 bits per heavy atom. The molecule has 0 bridgehead atoms. The fraction of sp³-hybridized carbons (Fsp3) is 0.357. The van der Waals surface area contributed by atoms with Gasteiger partial charge in [0.05, 0.1) is 6.54 Å². The molecular weight excluding hydrogens is 210 g/mol. The van der Waals surface area contributed by atoms with Gasteiger partial charge >= 0.3 is 0 Å². The first-order chi connectivity index (χ1) is 8.35. The van der Waals surface area contributed by atoms with Crippen LogP contribution < -0.4 is 5.32 Å². The van der Waals surface area contributed by atoms with Crippen LogP contribution >= 0.6 is 0 Å². The van der Waals surface area contributed by atoms with Gasteiger partial charge in [-0.3, -0.25) is 0 Å². The van der Waals surface area contributed by atoms with Crippen LogP contribution in [0.3, 0.4) is 0 Å². The second-order valence-electron chi connectivity index (χ2n) is 4.03. The lowest BCUT2D eigenvalue weighted by atomic mass is 10.1. The highest BCUT2D eigenvalue weighted by molar-refractivity contribution is 5.31. The molecule has 3 heteroatoms. The van der Waals surface area contributed by atoms with Crippen LogP contribution in [0, 0.1) is 0 Å². The van der Waals surface area contributed by atoms with E-state index in [9.17, 15) is 0 Å². The van der Waals surface area contributed by atoms with Crippen molar-refractivity contribution < 1.29 is 0 Å². The van der Waals surface area contributed by atoms with Crippen LogP contribution in [-0.4, -0.2) is 16.1 Å². The third-order valence-electron chi connectivity index (χ3n) is 2.89. The van der Waals surface area contributed by atoms with Gasteiger partial charge in [0.25, 0.3) is 0 Å². The molecule has 17 heavy (non-hydrogen) atoms. The highest BCUT2D eigenvalue weighted by Crippen LogP contribution is 2.14. The van der Waals surface area contributed by atoms with Crippen molar-refractivity contribution in [3.05, 3.63) is 47.8 Å². The Kier molecular flexibility index (Phi) is 3.81. The van der Waals surface area contributed by atoms with E-state index in [0.717, 1.165) is 25.5 Å². The first-order valence-electron chi connectivity index (χ1n) is 6.17. The largest absolute Gasteiger partial charge is 0.356 e. The number of imidazole rings is 1. The van der Waals surface area contributed by atoms with Gasteiger partial charge in [-0.15, -0.1) is 0 Å². The van der Waals surface area contributed by atoms with Gasteiger partial charge < -0.3 is 9.88 Å². The zero-order valence-corrected chi connectivity index (χ0v) is 10.5. The molecule has 0 aliphatic carbocycles. The molecular formula is C14H19N3. The summed E-state index contributed by atoms with van der Waals surface area (Å²) >= 11 is 0. The zero-order chi connectivity index (χ0) is 12.1. The van der Waals surface area contributed by atoms with Crippen molar-refractivity contribution in [2.24, 2.45) is 0 Å². The molecule has 0 unspecified atom stereocenters. The molecule has 2 rings (SSSR count). The van der Waals surface area contributed by atoms with E-state index in [1.54, 1.807) is 0 Å². The Labute approximate surface area is 103 Å². The molecule has 0 saturated carbocycles. The Morgan fingerprint density at radius 2 is 1.94 bits per heavy atom. The van der Waals surface area contributed by atoms with E-state index in [0.29, 0.717) is 0 Å². The lowest BCUT2D eigenvalue weighted by Gasteiger charge is -2.11. The molecule has 1 aromatic carbocycles. The lowest BCUT2D eigenvalue weighted by molar-refractivity contribution is 0.789. The van der Waals surface area contributed by atoms with Crippen molar-refractivity contribution in [1.29, 1.82) is 0 Å². The fourth-order valence-corrected chi connectivity index (χ4v) is 2.00. The normalized spacial score (nSPS) is 10.5. The quantitative estimate of drug-likeness (QED) is 0.854. The molecule has 0 saturated heterocycles. The lowest BCUT2D eigenvalue weighted by Crippen LogP contribution is -2.08. The number of aryl methyl sites for hydroxylation is 1. The van der Waals surface area contributed by atoms with E-state index >= 15 is 0 Å². The first kappa shape index (κ1) is 11.7. The topological polar surface area (TPSA) is 29.9 Å². The van der Waals surface area contributed by atoms with Gasteiger partial charge in [-0.1, -0.05) is 31.2 Å². The molecule has 3 nitrogen and oxygen atoms in total. The molecule has 1 heterocycles. The van der Waals surface area contributed by atoms with Crippen molar-refractivity contribution in [2.45, 2.75) is 26.8 Å². The van der Waals surface area contributed by atoms with Crippen molar-refractivity contribution in [3.63, 3.8) is 0 Å². The Bertz CT molecular complexity index is 474. The summed E-state index contributed by atoms with van der Waals surface area (Å²) in [5, 5.41) is 3.27. The molecule has 2 aromatic rings. The predicted molar refractivity (Wildman–Crippen MR) is 71.3 cm³/mol. The number of nitrogens with one attached hydrogen (secondary N) is 1. The van der Waals surface area contributed by atoms with Crippen LogP contribution in [0.5, 0.6) is 0 Å². The monoisotopic (exact) mass is 229 g/mol. The number of hydrogen-bond donors (Lipinski definition) is 1. The van der Waals surface area contributed by atoms with Gasteiger partial charge in [0, 0.05) is 18.9 Å². The van der Waals surface area contributed by atoms with Crippen molar-refractivity contribution in [1.82, 2.24) is 9.55 Å². The van der Waals surface area contributed by atoms with E-state index in [-0.39, 0.29) is 0 Å². The van der Waals surface area contributed by atoms with Crippen LogP contribution in [0.25, 0.3) is 0 Å². The molecule has 0 amide bonds. The summed E-state index contributed by atoms with van der Waals surface area (Å²) in [6.45, 7) is 6.05. The molecule has 1 aromatic heterocycles. The highest BCUT2D eigenvalue weighted by atomic mass is 15.2. The maximum absolute atomic E-state index is 4.31. The Morgan fingerprint density at radius 1 is 1.18 bits per heavy atom. The van der Waals surface area contributed by atoms with Crippen LogP contribution in [-0.2, 0) is 13.0 Å². The summed E-state index contributed by atoms with van der Waals surface area (Å²) in [6.07, 6.45) is 4.93. The Hall–Kier alpha value is -1.77. The van der Waals surface area contributed by atoms with Gasteiger partial charge in [-0.25, -0.2) is 4.98 Å². The van der Waals surface area contributed by atoms with Gasteiger partial charge in [0.1, 0.15) is 0 Å². The minimum absolute atomic E-state index is 0.881. The average molecular weight is 229 g/mol. The first-order valence-corrected chi connectivity index (χ1v) is 6.17. The van der Waals surface area contributed by atoms with Crippen molar-refractivity contribution in [3.8, 4) is 0 Å². The second kappa shape index (κ2) is 5.53. The number of aromatic nitrogens is 2. The SMILES string of the molecule is CCNc1nccn1Cc1ccccc1CC. The van der Waals surface area contributed by atoms with Gasteiger partial charge in [-0.05, 0) is 24.5 Å². The summed E-state index contributed by atoms with van der Waals surface area (Å²) in [5.41, 5.74) is 2.77. The molecule has 1 N–H and O–H groups in total.